The summed E-state index contributed by atoms with van der Waals surface area (Å²) >= 11 is 1.78. The van der Waals surface area contributed by atoms with E-state index in [2.05, 4.69) is 10.3 Å². The molecule has 0 radical (unpaired) electrons. The highest BCUT2D eigenvalue weighted by molar-refractivity contribution is 7.99. The van der Waals surface area contributed by atoms with Crippen LogP contribution in [0.5, 0.6) is 0 Å². The van der Waals surface area contributed by atoms with Crippen LogP contribution in [0.25, 0.3) is 10.9 Å². The number of nitrogens with one attached hydrogen (secondary N) is 1. The molecule has 1 amide bonds. The second kappa shape index (κ2) is 8.32. The molecule has 2 heterocycles. The van der Waals surface area contributed by atoms with E-state index in [1.54, 1.807) is 16.7 Å². The maximum Gasteiger partial charge on any atom is 0.257 e. The van der Waals surface area contributed by atoms with Crippen LogP contribution < -0.4 is 5.32 Å². The van der Waals surface area contributed by atoms with Crippen molar-refractivity contribution >= 4 is 34.3 Å². The predicted octanol–water partition coefficient (Wildman–Crippen LogP) is 4.45. The highest BCUT2D eigenvalue weighted by atomic mass is 32.2. The first-order chi connectivity index (χ1) is 14.0. The third-order valence-electron chi connectivity index (χ3n) is 4.83. The van der Waals surface area contributed by atoms with Gasteiger partial charge in [0.25, 0.3) is 5.91 Å². The van der Waals surface area contributed by atoms with E-state index in [0.29, 0.717) is 35.2 Å². The number of nitrogens with zero attached hydrogens (tertiary/aromatic N) is 2. The van der Waals surface area contributed by atoms with Crippen molar-refractivity contribution in [1.29, 1.82) is 0 Å². The zero-order valence-corrected chi connectivity index (χ0v) is 16.2. The Morgan fingerprint density at radius 3 is 2.55 bits per heavy atom. The van der Waals surface area contributed by atoms with Gasteiger partial charge < -0.3 is 10.2 Å². The molecule has 4 rings (SSSR count). The molecule has 1 N–H and O–H groups in total. The summed E-state index contributed by atoms with van der Waals surface area (Å²) in [6.45, 7) is 1.26. The molecule has 1 fully saturated rings. The maximum absolute atomic E-state index is 14.1. The molecule has 1 aliphatic rings. The zero-order chi connectivity index (χ0) is 20.4. The van der Waals surface area contributed by atoms with Crippen molar-refractivity contribution < 1.29 is 18.0 Å². The molecule has 1 aromatic heterocycles. The van der Waals surface area contributed by atoms with Crippen molar-refractivity contribution in [3.63, 3.8) is 0 Å². The average Bonchev–Trinajstić information content (AvgIpc) is 2.73. The second-order valence-electron chi connectivity index (χ2n) is 6.70. The molecule has 2 aromatic carbocycles. The molecule has 3 aromatic rings. The molecule has 0 bridgehead atoms. The van der Waals surface area contributed by atoms with Gasteiger partial charge >= 0.3 is 0 Å². The van der Waals surface area contributed by atoms with Gasteiger partial charge in [0.1, 0.15) is 17.5 Å². The second-order valence-corrected chi connectivity index (χ2v) is 7.93. The molecular weight excluding hydrogens is 399 g/mol. The van der Waals surface area contributed by atoms with E-state index in [0.717, 1.165) is 17.6 Å². The van der Waals surface area contributed by atoms with Crippen molar-refractivity contribution in [2.45, 2.75) is 6.54 Å². The van der Waals surface area contributed by atoms with Gasteiger partial charge in [-0.05, 0) is 24.3 Å². The van der Waals surface area contributed by atoms with Gasteiger partial charge in [-0.15, -0.1) is 0 Å². The Balaban J connectivity index is 1.73. The van der Waals surface area contributed by atoms with Crippen LogP contribution in [0.15, 0.2) is 42.6 Å². The van der Waals surface area contributed by atoms with E-state index in [-0.39, 0.29) is 18.0 Å². The van der Waals surface area contributed by atoms with E-state index < -0.39 is 17.5 Å². The fourth-order valence-electron chi connectivity index (χ4n) is 3.30. The van der Waals surface area contributed by atoms with Crippen LogP contribution in [0, 0.1) is 17.5 Å². The van der Waals surface area contributed by atoms with Crippen molar-refractivity contribution in [3.8, 4) is 0 Å². The molecule has 0 atom stereocenters. The van der Waals surface area contributed by atoms with Crippen LogP contribution in [0.1, 0.15) is 15.9 Å². The lowest BCUT2D eigenvalue weighted by molar-refractivity contribution is 0.0773. The van der Waals surface area contributed by atoms with Gasteiger partial charge in [0.2, 0.25) is 0 Å². The van der Waals surface area contributed by atoms with Crippen LogP contribution in [-0.2, 0) is 6.54 Å². The third-order valence-corrected chi connectivity index (χ3v) is 5.77. The Bertz CT molecular complexity index is 1070. The molecule has 29 heavy (non-hydrogen) atoms. The number of hydrogen-bond acceptors (Lipinski definition) is 4. The number of pyridine rings is 1. The summed E-state index contributed by atoms with van der Waals surface area (Å²) in [5.74, 6) is -0.319. The first-order valence-electron chi connectivity index (χ1n) is 9.16. The molecule has 1 saturated heterocycles. The quantitative estimate of drug-likeness (QED) is 0.681. The number of hydrogen-bond donors (Lipinski definition) is 1. The van der Waals surface area contributed by atoms with E-state index in [1.807, 2.05) is 0 Å². The number of fused-ring (bicyclic) bond motifs is 1. The van der Waals surface area contributed by atoms with Gasteiger partial charge in [-0.25, -0.2) is 13.2 Å². The lowest BCUT2D eigenvalue weighted by atomic mass is 10.1. The monoisotopic (exact) mass is 417 g/mol. The summed E-state index contributed by atoms with van der Waals surface area (Å²) in [6, 6.07) is 7.43. The maximum atomic E-state index is 14.1. The minimum Gasteiger partial charge on any atom is -0.380 e. The van der Waals surface area contributed by atoms with Crippen LogP contribution in [0.3, 0.4) is 0 Å². The number of benzene rings is 2. The molecule has 0 unspecified atom stereocenters. The van der Waals surface area contributed by atoms with Gasteiger partial charge in [0, 0.05) is 54.4 Å². The lowest BCUT2D eigenvalue weighted by Crippen LogP contribution is -2.38. The Kier molecular flexibility index (Phi) is 5.62. The Hall–Kier alpha value is -2.74. The summed E-state index contributed by atoms with van der Waals surface area (Å²) in [4.78, 5) is 19.1. The number of amides is 1. The van der Waals surface area contributed by atoms with Crippen LogP contribution >= 0.6 is 11.8 Å². The number of thioether (sulfide) groups is 1. The minimum absolute atomic E-state index is 0.0118. The number of carbonyl (C=O) groups excluding carboxylic acids is 1. The standard InChI is InChI=1S/C21H18F3N3OS/c22-14-3-4-19-16(9-14)20(26-11-13-1-2-15(23)10-18(13)24)17(12-25-19)21(28)27-5-7-29-8-6-27/h1-4,9-10,12H,5-8,11H2,(H,25,26). The third kappa shape index (κ3) is 4.17. The highest BCUT2D eigenvalue weighted by Crippen LogP contribution is 2.29. The van der Waals surface area contributed by atoms with Crippen LogP contribution in [0.2, 0.25) is 0 Å². The van der Waals surface area contributed by atoms with Gasteiger partial charge in [0.15, 0.2) is 0 Å². The van der Waals surface area contributed by atoms with Crippen LogP contribution in [-0.4, -0.2) is 40.4 Å². The van der Waals surface area contributed by atoms with Gasteiger partial charge in [-0.2, -0.15) is 11.8 Å². The highest BCUT2D eigenvalue weighted by Gasteiger charge is 2.23. The number of anilines is 1. The van der Waals surface area contributed by atoms with E-state index in [9.17, 15) is 18.0 Å². The number of carbonyl (C=O) groups is 1. The van der Waals surface area contributed by atoms with Crippen molar-refractivity contribution in [2.75, 3.05) is 29.9 Å². The SMILES string of the molecule is O=C(c1cnc2ccc(F)cc2c1NCc1ccc(F)cc1F)N1CCSCC1. The molecule has 1 aliphatic heterocycles. The molecule has 150 valence electrons. The Morgan fingerprint density at radius 2 is 1.79 bits per heavy atom. The predicted molar refractivity (Wildman–Crippen MR) is 109 cm³/mol. The Labute approximate surface area is 170 Å². The van der Waals surface area contributed by atoms with Crippen molar-refractivity contribution in [2.24, 2.45) is 0 Å². The summed E-state index contributed by atoms with van der Waals surface area (Å²) in [5.41, 5.74) is 1.44. The summed E-state index contributed by atoms with van der Waals surface area (Å²) < 4.78 is 41.1. The smallest absolute Gasteiger partial charge is 0.257 e. The molecule has 4 nitrogen and oxygen atoms in total. The van der Waals surface area contributed by atoms with Gasteiger partial charge in [-0.3, -0.25) is 9.78 Å². The van der Waals surface area contributed by atoms with Crippen LogP contribution in [0.4, 0.5) is 18.9 Å². The van der Waals surface area contributed by atoms with Crippen molar-refractivity contribution in [1.82, 2.24) is 9.88 Å². The first-order valence-corrected chi connectivity index (χ1v) is 10.3. The number of rotatable bonds is 4. The largest absolute Gasteiger partial charge is 0.380 e. The fourth-order valence-corrected chi connectivity index (χ4v) is 4.21. The van der Waals surface area contributed by atoms with E-state index in [4.69, 9.17) is 0 Å². The summed E-state index contributed by atoms with van der Waals surface area (Å²) in [5, 5.41) is 3.49. The van der Waals surface area contributed by atoms with E-state index >= 15 is 0 Å². The minimum atomic E-state index is -0.692. The summed E-state index contributed by atoms with van der Waals surface area (Å²) in [7, 11) is 0. The molecule has 8 heteroatoms. The number of aromatic nitrogens is 1. The van der Waals surface area contributed by atoms with Crippen molar-refractivity contribution in [3.05, 3.63) is 71.2 Å². The van der Waals surface area contributed by atoms with Gasteiger partial charge in [0.05, 0.1) is 16.8 Å². The first kappa shape index (κ1) is 19.6. The van der Waals surface area contributed by atoms with Gasteiger partial charge in [-0.1, -0.05) is 6.07 Å². The normalized spacial score (nSPS) is 14.2. The average molecular weight is 417 g/mol. The molecule has 0 aliphatic carbocycles. The molecule has 0 spiro atoms. The zero-order valence-electron chi connectivity index (χ0n) is 15.4. The number of halogens is 3. The Morgan fingerprint density at radius 1 is 1.07 bits per heavy atom. The molecule has 0 saturated carbocycles. The topological polar surface area (TPSA) is 45.2 Å². The lowest BCUT2D eigenvalue weighted by Gasteiger charge is -2.27. The summed E-state index contributed by atoms with van der Waals surface area (Å²) in [6.07, 6.45) is 1.47. The molecular formula is C21H18F3N3OS. The van der Waals surface area contributed by atoms with E-state index in [1.165, 1.54) is 36.5 Å². The fraction of sp³-hybridized carbons (Fsp3) is 0.238.